The molecular weight excluding hydrogens is 576 g/mol. The fraction of sp³-hybridized carbons (Fsp3) is 0.306. The molecule has 1 saturated heterocycles. The first-order valence-corrected chi connectivity index (χ1v) is 14.8. The zero-order valence-corrected chi connectivity index (χ0v) is 24.9. The predicted molar refractivity (Wildman–Crippen MR) is 165 cm³/mol. The van der Waals surface area contributed by atoms with Crippen LogP contribution in [0.1, 0.15) is 22.3 Å². The molecule has 236 valence electrons. The number of benzene rings is 4. The summed E-state index contributed by atoms with van der Waals surface area (Å²) in [7, 11) is 0. The van der Waals surface area contributed by atoms with Crippen LogP contribution in [0.3, 0.4) is 0 Å². The Morgan fingerprint density at radius 2 is 1.04 bits per heavy atom. The summed E-state index contributed by atoms with van der Waals surface area (Å²) < 4.78 is 37.0. The molecule has 0 radical (unpaired) electrons. The van der Waals surface area contributed by atoms with Gasteiger partial charge in [0.25, 0.3) is 0 Å². The Labute approximate surface area is 262 Å². The van der Waals surface area contributed by atoms with Crippen LogP contribution >= 0.6 is 0 Å². The van der Waals surface area contributed by atoms with Crippen LogP contribution in [0.4, 0.5) is 0 Å². The van der Waals surface area contributed by atoms with Gasteiger partial charge >= 0.3 is 11.9 Å². The maximum Gasteiger partial charge on any atom is 0.329 e. The summed E-state index contributed by atoms with van der Waals surface area (Å²) in [5.41, 5.74) is 3.59. The maximum absolute atomic E-state index is 11.9. The summed E-state index contributed by atoms with van der Waals surface area (Å²) in [6.07, 6.45) is -3.99. The molecule has 45 heavy (non-hydrogen) atoms. The second-order valence-electron chi connectivity index (χ2n) is 10.7. The first-order valence-electron chi connectivity index (χ1n) is 14.8. The van der Waals surface area contributed by atoms with Gasteiger partial charge in [-0.2, -0.15) is 0 Å². The topological polar surface area (TPSA) is 113 Å². The summed E-state index contributed by atoms with van der Waals surface area (Å²) in [6, 6.07) is 38.3. The van der Waals surface area contributed by atoms with E-state index in [0.717, 1.165) is 22.3 Å². The highest BCUT2D eigenvalue weighted by Crippen LogP contribution is 2.36. The number of carbonyl (C=O) groups is 1. The third-order valence-electron chi connectivity index (χ3n) is 7.31. The van der Waals surface area contributed by atoms with Crippen molar-refractivity contribution in [3.8, 4) is 0 Å². The van der Waals surface area contributed by atoms with Gasteiger partial charge in [-0.05, 0) is 22.3 Å². The molecule has 9 nitrogen and oxygen atoms in total. The van der Waals surface area contributed by atoms with Gasteiger partial charge in [-0.1, -0.05) is 121 Å². The van der Waals surface area contributed by atoms with Crippen LogP contribution in [0.2, 0.25) is 0 Å². The van der Waals surface area contributed by atoms with Crippen molar-refractivity contribution in [1.29, 1.82) is 0 Å². The molecule has 0 saturated carbocycles. The van der Waals surface area contributed by atoms with Gasteiger partial charge in [-0.25, -0.2) is 4.79 Å². The van der Waals surface area contributed by atoms with Crippen molar-refractivity contribution in [3.63, 3.8) is 0 Å². The third kappa shape index (κ3) is 9.53. The molecule has 1 fully saturated rings. The number of aliphatic hydroxyl groups is 1. The number of hydrogen-bond donors (Lipinski definition) is 2. The Morgan fingerprint density at radius 3 is 1.51 bits per heavy atom. The third-order valence-corrected chi connectivity index (χ3v) is 7.31. The van der Waals surface area contributed by atoms with Gasteiger partial charge in [0.2, 0.25) is 0 Å². The lowest BCUT2D eigenvalue weighted by atomic mass is 9.96. The van der Waals surface area contributed by atoms with Crippen molar-refractivity contribution in [2.45, 2.75) is 56.8 Å². The average Bonchev–Trinajstić information content (AvgIpc) is 3.07. The standard InChI is InChI=1S/C36H38O9/c37-32(38)26-44-36(39)35(43-24-30-19-11-4-12-20-30)34(42-23-29-17-9-3-10-18-29)33(41-22-28-15-7-2-8-16-28)31(45-36)25-40-21-27-13-5-1-6-14-27/h1-20,31,33-35,39H,21-26H2,(H,37,38)/t31-,33-,34+,35-,36+/m1/s1. The highest BCUT2D eigenvalue weighted by molar-refractivity contribution is 5.68. The molecule has 4 aromatic rings. The van der Waals surface area contributed by atoms with Crippen LogP contribution in [-0.2, 0) is 59.6 Å². The first-order chi connectivity index (χ1) is 22.0. The molecule has 0 spiro atoms. The van der Waals surface area contributed by atoms with Crippen molar-refractivity contribution in [2.75, 3.05) is 13.2 Å². The lowest BCUT2D eigenvalue weighted by molar-refractivity contribution is -0.458. The van der Waals surface area contributed by atoms with Crippen LogP contribution in [-0.4, -0.2) is 59.8 Å². The molecule has 9 heteroatoms. The van der Waals surface area contributed by atoms with Crippen LogP contribution in [0.5, 0.6) is 0 Å². The zero-order chi connectivity index (χ0) is 31.3. The van der Waals surface area contributed by atoms with Crippen LogP contribution in [0.15, 0.2) is 121 Å². The molecule has 0 aliphatic carbocycles. The number of hydrogen-bond acceptors (Lipinski definition) is 8. The molecule has 4 aromatic carbocycles. The summed E-state index contributed by atoms with van der Waals surface area (Å²) in [4.78, 5) is 11.6. The number of rotatable bonds is 16. The van der Waals surface area contributed by atoms with Crippen LogP contribution in [0, 0.1) is 0 Å². The summed E-state index contributed by atoms with van der Waals surface area (Å²) in [5.74, 6) is -3.78. The molecule has 1 aliphatic heterocycles. The minimum Gasteiger partial charge on any atom is -0.480 e. The van der Waals surface area contributed by atoms with E-state index in [4.69, 9.17) is 28.4 Å². The van der Waals surface area contributed by atoms with Crippen LogP contribution in [0.25, 0.3) is 0 Å². The SMILES string of the molecule is O=C(O)CO[C@]1(O)O[C@H](COCc2ccccc2)[C@@H](OCc2ccccc2)[C@H](OCc2ccccc2)[C@H]1OCc1ccccc1. The molecule has 5 rings (SSSR count). The maximum atomic E-state index is 11.9. The van der Waals surface area contributed by atoms with Crippen molar-refractivity contribution < 1.29 is 43.4 Å². The average molecular weight is 615 g/mol. The number of aliphatic carboxylic acids is 1. The molecule has 0 aromatic heterocycles. The largest absolute Gasteiger partial charge is 0.480 e. The fourth-order valence-corrected chi connectivity index (χ4v) is 5.10. The van der Waals surface area contributed by atoms with Crippen molar-refractivity contribution in [1.82, 2.24) is 0 Å². The monoisotopic (exact) mass is 614 g/mol. The Morgan fingerprint density at radius 1 is 0.622 bits per heavy atom. The van der Waals surface area contributed by atoms with Gasteiger partial charge < -0.3 is 38.6 Å². The second-order valence-corrected chi connectivity index (χ2v) is 10.7. The summed E-state index contributed by atoms with van der Waals surface area (Å²) in [5, 5.41) is 21.3. The fourth-order valence-electron chi connectivity index (χ4n) is 5.10. The van der Waals surface area contributed by atoms with E-state index in [1.807, 2.05) is 121 Å². The van der Waals surface area contributed by atoms with Gasteiger partial charge in [0.05, 0.1) is 33.0 Å². The minimum absolute atomic E-state index is 0.0102. The van der Waals surface area contributed by atoms with E-state index in [1.165, 1.54) is 0 Å². The van der Waals surface area contributed by atoms with Gasteiger partial charge in [0, 0.05) is 0 Å². The highest BCUT2D eigenvalue weighted by Gasteiger charge is 2.58. The lowest BCUT2D eigenvalue weighted by Crippen LogP contribution is -2.68. The molecule has 1 aliphatic rings. The second kappa shape index (κ2) is 16.4. The minimum atomic E-state index is -2.50. The highest BCUT2D eigenvalue weighted by atomic mass is 16.8. The van der Waals surface area contributed by atoms with E-state index in [0.29, 0.717) is 0 Å². The van der Waals surface area contributed by atoms with E-state index in [-0.39, 0.29) is 33.0 Å². The Bertz CT molecular complexity index is 1420. The predicted octanol–water partition coefficient (Wildman–Crippen LogP) is 5.11. The molecule has 0 amide bonds. The Kier molecular flexibility index (Phi) is 11.8. The normalized spacial score (nSPS) is 23.0. The molecule has 0 unspecified atom stereocenters. The van der Waals surface area contributed by atoms with E-state index in [9.17, 15) is 15.0 Å². The Balaban J connectivity index is 1.46. The summed E-state index contributed by atoms with van der Waals surface area (Å²) in [6.45, 7) is -0.114. The molecular formula is C36H38O9. The van der Waals surface area contributed by atoms with E-state index < -0.39 is 43.0 Å². The van der Waals surface area contributed by atoms with Crippen molar-refractivity contribution in [2.24, 2.45) is 0 Å². The molecule has 1 heterocycles. The van der Waals surface area contributed by atoms with Crippen LogP contribution < -0.4 is 0 Å². The number of carboxylic acids is 1. The lowest BCUT2D eigenvalue weighted by Gasteiger charge is -2.49. The number of carboxylic acid groups (broad SMARTS) is 1. The molecule has 5 atom stereocenters. The first kappa shape index (κ1) is 32.5. The number of ether oxygens (including phenoxy) is 6. The quantitative estimate of drug-likeness (QED) is 0.166. The molecule has 2 N–H and O–H groups in total. The van der Waals surface area contributed by atoms with Gasteiger partial charge in [0.1, 0.15) is 24.9 Å². The van der Waals surface area contributed by atoms with Gasteiger partial charge in [0.15, 0.2) is 6.10 Å². The van der Waals surface area contributed by atoms with E-state index in [1.54, 1.807) is 0 Å². The summed E-state index contributed by atoms with van der Waals surface area (Å²) >= 11 is 0. The van der Waals surface area contributed by atoms with Crippen molar-refractivity contribution in [3.05, 3.63) is 144 Å². The van der Waals surface area contributed by atoms with Gasteiger partial charge in [-0.15, -0.1) is 0 Å². The van der Waals surface area contributed by atoms with E-state index in [2.05, 4.69) is 0 Å². The van der Waals surface area contributed by atoms with Crippen molar-refractivity contribution >= 4 is 5.97 Å². The van der Waals surface area contributed by atoms with E-state index >= 15 is 0 Å². The molecule has 0 bridgehead atoms. The Hall–Kier alpha value is -3.93. The van der Waals surface area contributed by atoms with Gasteiger partial charge in [-0.3, -0.25) is 0 Å². The zero-order valence-electron chi connectivity index (χ0n) is 24.9. The smallest absolute Gasteiger partial charge is 0.329 e.